The molecule has 0 bridgehead atoms. The van der Waals surface area contributed by atoms with Crippen LogP contribution in [-0.2, 0) is 11.3 Å². The molecule has 3 rings (SSSR count). The smallest absolute Gasteiger partial charge is 0.387 e. The van der Waals surface area contributed by atoms with Gasteiger partial charge in [0.2, 0.25) is 5.91 Å². The van der Waals surface area contributed by atoms with Crippen LogP contribution in [0, 0.1) is 0 Å². The first-order chi connectivity index (χ1) is 14.8. The molecule has 0 fully saturated rings. The van der Waals surface area contributed by atoms with E-state index in [1.165, 1.54) is 24.3 Å². The zero-order valence-electron chi connectivity index (χ0n) is 16.8. The highest BCUT2D eigenvalue weighted by atomic mass is 35.5. The van der Waals surface area contributed by atoms with Gasteiger partial charge in [0.1, 0.15) is 5.75 Å². The summed E-state index contributed by atoms with van der Waals surface area (Å²) in [6.07, 6.45) is 0.724. The first-order valence-electron chi connectivity index (χ1n) is 9.51. The number of rotatable bonds is 8. The van der Waals surface area contributed by atoms with Gasteiger partial charge >= 0.3 is 6.61 Å². The summed E-state index contributed by atoms with van der Waals surface area (Å²) in [5.74, 6) is -0.325. The maximum absolute atomic E-state index is 12.9. The van der Waals surface area contributed by atoms with E-state index in [4.69, 9.17) is 11.6 Å². The molecule has 1 unspecified atom stereocenters. The topological polar surface area (TPSA) is 73.2 Å². The number of amides is 1. The quantitative estimate of drug-likeness (QED) is 0.365. The summed E-state index contributed by atoms with van der Waals surface area (Å²) < 4.78 is 30.3. The van der Waals surface area contributed by atoms with Gasteiger partial charge in [-0.05, 0) is 55.8 Å². The molecule has 1 aromatic heterocycles. The maximum atomic E-state index is 12.9. The second-order valence-corrected chi connectivity index (χ2v) is 8.41. The number of thioether (sulfide) groups is 1. The van der Waals surface area contributed by atoms with Crippen molar-refractivity contribution in [1.82, 2.24) is 9.55 Å². The van der Waals surface area contributed by atoms with Crippen molar-refractivity contribution in [2.45, 2.75) is 43.8 Å². The Morgan fingerprint density at radius 3 is 2.61 bits per heavy atom. The number of fused-ring (bicyclic) bond motifs is 1. The summed E-state index contributed by atoms with van der Waals surface area (Å²) in [5.41, 5.74) is 0.714. The monoisotopic (exact) mass is 467 g/mol. The number of nitrogens with zero attached hydrogens (tertiary/aromatic N) is 2. The minimum Gasteiger partial charge on any atom is -0.435 e. The van der Waals surface area contributed by atoms with Gasteiger partial charge in [0.25, 0.3) is 5.56 Å². The summed E-state index contributed by atoms with van der Waals surface area (Å²) in [4.78, 5) is 30.1. The van der Waals surface area contributed by atoms with Crippen LogP contribution in [0.2, 0.25) is 5.02 Å². The lowest BCUT2D eigenvalue weighted by Gasteiger charge is -2.16. The molecule has 1 atom stereocenters. The lowest BCUT2D eigenvalue weighted by Crippen LogP contribution is -2.27. The molecule has 0 aliphatic heterocycles. The number of nitrogens with one attached hydrogen (secondary N) is 1. The molecule has 0 saturated carbocycles. The Hall–Kier alpha value is -2.65. The molecule has 0 aliphatic rings. The fraction of sp³-hybridized carbons (Fsp3) is 0.286. The van der Waals surface area contributed by atoms with Crippen molar-refractivity contribution >= 4 is 45.9 Å². The van der Waals surface area contributed by atoms with Gasteiger partial charge in [-0.2, -0.15) is 8.78 Å². The molecule has 1 amide bonds. The average molecular weight is 468 g/mol. The number of ether oxygens (including phenoxy) is 1. The fourth-order valence-electron chi connectivity index (χ4n) is 2.86. The Morgan fingerprint density at radius 1 is 1.26 bits per heavy atom. The Balaban J connectivity index is 1.79. The van der Waals surface area contributed by atoms with Gasteiger partial charge in [-0.15, -0.1) is 0 Å². The lowest BCUT2D eigenvalue weighted by molar-refractivity contribution is -0.115. The van der Waals surface area contributed by atoms with Crippen LogP contribution in [0.3, 0.4) is 0 Å². The molecule has 6 nitrogen and oxygen atoms in total. The highest BCUT2D eigenvalue weighted by Crippen LogP contribution is 2.25. The van der Waals surface area contributed by atoms with Crippen molar-refractivity contribution in [2.75, 3.05) is 5.32 Å². The number of carbonyl (C=O) groups is 1. The fourth-order valence-corrected chi connectivity index (χ4v) is 3.96. The summed E-state index contributed by atoms with van der Waals surface area (Å²) in [6.45, 7) is 1.19. The van der Waals surface area contributed by atoms with Crippen LogP contribution in [0.25, 0.3) is 10.9 Å². The number of anilines is 1. The van der Waals surface area contributed by atoms with Crippen LogP contribution in [0.5, 0.6) is 5.75 Å². The highest BCUT2D eigenvalue weighted by molar-refractivity contribution is 8.00. The van der Waals surface area contributed by atoms with E-state index >= 15 is 0 Å². The summed E-state index contributed by atoms with van der Waals surface area (Å²) in [6, 6.07) is 10.5. The molecule has 31 heavy (non-hydrogen) atoms. The molecular formula is C21H20ClF2N3O3S. The van der Waals surface area contributed by atoms with E-state index in [0.717, 1.165) is 18.2 Å². The number of hydrogen-bond donors (Lipinski definition) is 1. The molecule has 0 aliphatic carbocycles. The number of carbonyl (C=O) groups excluding carboxylic acids is 1. The zero-order chi connectivity index (χ0) is 22.5. The van der Waals surface area contributed by atoms with Crippen molar-refractivity contribution in [2.24, 2.45) is 0 Å². The summed E-state index contributed by atoms with van der Waals surface area (Å²) in [5, 5.41) is 3.49. The molecule has 1 heterocycles. The number of benzene rings is 2. The van der Waals surface area contributed by atoms with Crippen LogP contribution >= 0.6 is 23.4 Å². The molecular weight excluding hydrogens is 448 g/mol. The van der Waals surface area contributed by atoms with E-state index in [1.807, 2.05) is 6.92 Å². The SMILES string of the molecule is CCCn1c(SC(C)C(=O)Nc2ccc(OC(F)F)cc2)nc2cc(Cl)ccc2c1=O. The van der Waals surface area contributed by atoms with Crippen molar-refractivity contribution in [1.29, 1.82) is 0 Å². The van der Waals surface area contributed by atoms with Crippen LogP contribution in [0.1, 0.15) is 20.3 Å². The van der Waals surface area contributed by atoms with Crippen molar-refractivity contribution in [3.05, 3.63) is 57.8 Å². The second-order valence-electron chi connectivity index (χ2n) is 6.66. The van der Waals surface area contributed by atoms with Gasteiger partial charge < -0.3 is 10.1 Å². The summed E-state index contributed by atoms with van der Waals surface area (Å²) >= 11 is 7.20. The van der Waals surface area contributed by atoms with Gasteiger partial charge in [-0.1, -0.05) is 30.3 Å². The Labute approximate surface area is 186 Å². The minimum atomic E-state index is -2.91. The Morgan fingerprint density at radius 2 is 1.97 bits per heavy atom. The number of halogens is 3. The molecule has 0 spiro atoms. The largest absolute Gasteiger partial charge is 0.435 e. The standard InChI is InChI=1S/C21H20ClF2N3O3S/c1-3-10-27-19(29)16-9-4-13(22)11-17(16)26-21(27)31-12(2)18(28)25-14-5-7-15(8-6-14)30-20(23)24/h4-9,11-12,20H,3,10H2,1-2H3,(H,25,28). The van der Waals surface area contributed by atoms with E-state index in [0.29, 0.717) is 33.3 Å². The van der Waals surface area contributed by atoms with E-state index < -0.39 is 11.9 Å². The predicted molar refractivity (Wildman–Crippen MR) is 118 cm³/mol. The highest BCUT2D eigenvalue weighted by Gasteiger charge is 2.20. The predicted octanol–water partition coefficient (Wildman–Crippen LogP) is 5.18. The third-order valence-electron chi connectivity index (χ3n) is 4.33. The van der Waals surface area contributed by atoms with E-state index in [9.17, 15) is 18.4 Å². The van der Waals surface area contributed by atoms with E-state index in [-0.39, 0.29) is 17.2 Å². The normalized spacial score (nSPS) is 12.2. The van der Waals surface area contributed by atoms with E-state index in [1.54, 1.807) is 29.7 Å². The van der Waals surface area contributed by atoms with Crippen LogP contribution in [0.4, 0.5) is 14.5 Å². The van der Waals surface area contributed by atoms with Gasteiger partial charge in [0.05, 0.1) is 16.2 Å². The lowest BCUT2D eigenvalue weighted by atomic mass is 10.2. The van der Waals surface area contributed by atoms with Gasteiger partial charge in [-0.25, -0.2) is 4.98 Å². The maximum Gasteiger partial charge on any atom is 0.387 e. The van der Waals surface area contributed by atoms with Gasteiger partial charge in [0.15, 0.2) is 5.16 Å². The minimum absolute atomic E-state index is 0.00182. The molecule has 1 N–H and O–H groups in total. The second kappa shape index (κ2) is 10.1. The Kier molecular flexibility index (Phi) is 7.50. The van der Waals surface area contributed by atoms with Crippen molar-refractivity contribution in [3.8, 4) is 5.75 Å². The van der Waals surface area contributed by atoms with Crippen LogP contribution < -0.4 is 15.6 Å². The Bertz CT molecular complexity index is 1140. The third-order valence-corrected chi connectivity index (χ3v) is 5.65. The molecule has 0 saturated heterocycles. The number of alkyl halides is 2. The first kappa shape index (κ1) is 23.0. The van der Waals surface area contributed by atoms with Crippen LogP contribution in [-0.4, -0.2) is 27.3 Å². The van der Waals surface area contributed by atoms with Gasteiger partial charge in [0, 0.05) is 17.3 Å². The first-order valence-corrected chi connectivity index (χ1v) is 10.8. The molecule has 2 aromatic carbocycles. The van der Waals surface area contributed by atoms with Gasteiger partial charge in [-0.3, -0.25) is 14.2 Å². The van der Waals surface area contributed by atoms with Crippen molar-refractivity contribution < 1.29 is 18.3 Å². The molecule has 10 heteroatoms. The summed E-state index contributed by atoms with van der Waals surface area (Å²) in [7, 11) is 0. The third kappa shape index (κ3) is 5.74. The molecule has 164 valence electrons. The molecule has 0 radical (unpaired) electrons. The van der Waals surface area contributed by atoms with Crippen molar-refractivity contribution in [3.63, 3.8) is 0 Å². The van der Waals surface area contributed by atoms with E-state index in [2.05, 4.69) is 15.0 Å². The van der Waals surface area contributed by atoms with Crippen LogP contribution in [0.15, 0.2) is 52.4 Å². The average Bonchev–Trinajstić information content (AvgIpc) is 2.71. The number of hydrogen-bond acceptors (Lipinski definition) is 5. The molecule has 3 aromatic rings. The number of aromatic nitrogens is 2. The zero-order valence-corrected chi connectivity index (χ0v) is 18.3.